The van der Waals surface area contributed by atoms with Gasteiger partial charge in [0, 0.05) is 6.42 Å². The fourth-order valence-electron chi connectivity index (χ4n) is 1.28. The number of terminal acetylenes is 1. The van der Waals surface area contributed by atoms with Crippen LogP contribution in [0.4, 0.5) is 0 Å². The first kappa shape index (κ1) is 9.63. The van der Waals surface area contributed by atoms with Crippen molar-refractivity contribution >= 4 is 11.0 Å². The summed E-state index contributed by atoms with van der Waals surface area (Å²) in [5.41, 5.74) is 1.99. The van der Waals surface area contributed by atoms with E-state index < -0.39 is 0 Å². The van der Waals surface area contributed by atoms with Crippen molar-refractivity contribution in [1.82, 2.24) is 9.97 Å². The van der Waals surface area contributed by atoms with Crippen LogP contribution in [0, 0.1) is 18.4 Å². The minimum absolute atomic E-state index is 0.0794. The van der Waals surface area contributed by atoms with Crippen molar-refractivity contribution in [2.24, 2.45) is 0 Å². The highest BCUT2D eigenvalue weighted by Crippen LogP contribution is 2.15. The Hall–Kier alpha value is -1.92. The Balaban J connectivity index is 2.43. The lowest BCUT2D eigenvalue weighted by Gasteiger charge is -2.05. The highest BCUT2D eigenvalue weighted by molar-refractivity contribution is 5.73. The van der Waals surface area contributed by atoms with E-state index in [2.05, 4.69) is 15.9 Å². The number of hydrogen-bond donors (Lipinski definition) is 1. The quantitative estimate of drug-likeness (QED) is 0.748. The van der Waals surface area contributed by atoms with E-state index in [1.54, 1.807) is 0 Å². The number of aliphatic hydroxyl groups excluding tert-OH is 1. The Morgan fingerprint density at radius 3 is 2.80 bits per heavy atom. The maximum absolute atomic E-state index is 9.55. The summed E-state index contributed by atoms with van der Waals surface area (Å²) in [5.74, 6) is 2.36. The molecule has 0 bridgehead atoms. The summed E-state index contributed by atoms with van der Waals surface area (Å²) in [5, 5.41) is 9.55. The second-order valence-corrected chi connectivity index (χ2v) is 3.07. The van der Waals surface area contributed by atoms with E-state index in [9.17, 15) is 5.11 Å². The number of hydrogen-bond acceptors (Lipinski definition) is 3. The number of para-hydroxylation sites is 2. The molecule has 73 valence electrons. The standard InChI is InChI=1S/C12H9N2O/c1-2-5-12(15)11-8-13-9-6-3-4-7-10(9)14-11/h1,3-4,6-8,15H,5H2. The Morgan fingerprint density at radius 2 is 2.07 bits per heavy atom. The molecule has 2 rings (SSSR count). The molecule has 3 nitrogen and oxygen atoms in total. The molecule has 0 saturated carbocycles. The average molecular weight is 197 g/mol. The van der Waals surface area contributed by atoms with E-state index in [0.29, 0.717) is 5.69 Å². The van der Waals surface area contributed by atoms with E-state index in [1.807, 2.05) is 24.3 Å². The van der Waals surface area contributed by atoms with Gasteiger partial charge >= 0.3 is 0 Å². The molecule has 0 amide bonds. The maximum atomic E-state index is 9.55. The van der Waals surface area contributed by atoms with E-state index in [4.69, 9.17) is 6.42 Å². The summed E-state index contributed by atoms with van der Waals surface area (Å²) < 4.78 is 0. The summed E-state index contributed by atoms with van der Waals surface area (Å²) in [6, 6.07) is 7.47. The minimum atomic E-state index is 0.0794. The van der Waals surface area contributed by atoms with Gasteiger partial charge in [-0.15, -0.1) is 12.3 Å². The molecule has 0 aliphatic carbocycles. The fourth-order valence-corrected chi connectivity index (χ4v) is 1.28. The molecular formula is C12H9N2O. The van der Waals surface area contributed by atoms with Crippen LogP contribution in [0.5, 0.6) is 0 Å². The average Bonchev–Trinajstić information content (AvgIpc) is 2.29. The molecule has 0 spiro atoms. The third-order valence-corrected chi connectivity index (χ3v) is 2.01. The molecule has 0 unspecified atom stereocenters. The summed E-state index contributed by atoms with van der Waals surface area (Å²) in [6.07, 6.45) is 6.88. The van der Waals surface area contributed by atoms with Crippen molar-refractivity contribution in [2.75, 3.05) is 0 Å². The molecule has 1 radical (unpaired) electrons. The van der Waals surface area contributed by atoms with E-state index in [0.717, 1.165) is 11.0 Å². The summed E-state index contributed by atoms with van der Waals surface area (Å²) in [7, 11) is 0. The van der Waals surface area contributed by atoms with Crippen LogP contribution in [0.15, 0.2) is 30.5 Å². The molecule has 0 atom stereocenters. The molecule has 0 aliphatic rings. The monoisotopic (exact) mass is 197 g/mol. The largest absolute Gasteiger partial charge is 0.379 e. The number of aromatic nitrogens is 2. The maximum Gasteiger partial charge on any atom is 0.154 e. The molecule has 1 heterocycles. The van der Waals surface area contributed by atoms with Gasteiger partial charge in [0.15, 0.2) is 6.10 Å². The normalized spacial score (nSPS) is 10.5. The van der Waals surface area contributed by atoms with Crippen LogP contribution < -0.4 is 0 Å². The molecule has 3 heteroatoms. The molecule has 0 fully saturated rings. The van der Waals surface area contributed by atoms with Gasteiger partial charge < -0.3 is 5.11 Å². The molecule has 1 N–H and O–H groups in total. The van der Waals surface area contributed by atoms with Gasteiger partial charge in [0.2, 0.25) is 0 Å². The Bertz CT molecular complexity index is 516. The molecule has 2 aromatic rings. The smallest absolute Gasteiger partial charge is 0.154 e. The van der Waals surface area contributed by atoms with Gasteiger partial charge in [-0.2, -0.15) is 0 Å². The Morgan fingerprint density at radius 1 is 1.33 bits per heavy atom. The van der Waals surface area contributed by atoms with Crippen LogP contribution in [-0.4, -0.2) is 15.1 Å². The number of benzene rings is 1. The highest BCUT2D eigenvalue weighted by Gasteiger charge is 2.09. The van der Waals surface area contributed by atoms with Gasteiger partial charge in [0.05, 0.1) is 22.9 Å². The summed E-state index contributed by atoms with van der Waals surface area (Å²) in [4.78, 5) is 8.42. The van der Waals surface area contributed by atoms with Crippen molar-refractivity contribution in [2.45, 2.75) is 6.42 Å². The van der Waals surface area contributed by atoms with Gasteiger partial charge in [0.25, 0.3) is 0 Å². The van der Waals surface area contributed by atoms with Crippen LogP contribution in [0.2, 0.25) is 0 Å². The molecule has 0 saturated heterocycles. The Kier molecular flexibility index (Phi) is 2.61. The Labute approximate surface area is 87.8 Å². The zero-order valence-corrected chi connectivity index (χ0v) is 8.01. The first-order chi connectivity index (χ1) is 7.31. The molecule has 1 aromatic heterocycles. The van der Waals surface area contributed by atoms with Gasteiger partial charge in [-0.05, 0) is 12.1 Å². The SMILES string of the molecule is C#CC[C](O)c1cnc2ccccc2n1. The van der Waals surface area contributed by atoms with E-state index >= 15 is 0 Å². The van der Waals surface area contributed by atoms with Gasteiger partial charge in [-0.1, -0.05) is 12.1 Å². The number of fused-ring (bicyclic) bond motifs is 1. The zero-order valence-electron chi connectivity index (χ0n) is 8.01. The van der Waals surface area contributed by atoms with Crippen molar-refractivity contribution in [3.63, 3.8) is 0 Å². The van der Waals surface area contributed by atoms with Gasteiger partial charge in [-0.3, -0.25) is 4.98 Å². The van der Waals surface area contributed by atoms with Crippen LogP contribution >= 0.6 is 0 Å². The third-order valence-electron chi connectivity index (χ3n) is 2.01. The van der Waals surface area contributed by atoms with Crippen LogP contribution in [-0.2, 0) is 0 Å². The van der Waals surface area contributed by atoms with E-state index in [-0.39, 0.29) is 12.5 Å². The number of nitrogens with zero attached hydrogens (tertiary/aromatic N) is 2. The molecule has 1 aromatic carbocycles. The lowest BCUT2D eigenvalue weighted by atomic mass is 10.2. The highest BCUT2D eigenvalue weighted by atomic mass is 16.3. The van der Waals surface area contributed by atoms with Crippen LogP contribution in [0.3, 0.4) is 0 Å². The van der Waals surface area contributed by atoms with Gasteiger partial charge in [0.1, 0.15) is 0 Å². The van der Waals surface area contributed by atoms with E-state index in [1.165, 1.54) is 6.20 Å². The zero-order chi connectivity index (χ0) is 10.7. The number of rotatable bonds is 2. The molecular weight excluding hydrogens is 188 g/mol. The first-order valence-corrected chi connectivity index (χ1v) is 4.51. The predicted octanol–water partition coefficient (Wildman–Crippen LogP) is 1.91. The minimum Gasteiger partial charge on any atom is -0.379 e. The van der Waals surface area contributed by atoms with Gasteiger partial charge in [-0.25, -0.2) is 4.98 Å². The first-order valence-electron chi connectivity index (χ1n) is 4.51. The van der Waals surface area contributed by atoms with Crippen molar-refractivity contribution < 1.29 is 5.11 Å². The second-order valence-electron chi connectivity index (χ2n) is 3.07. The van der Waals surface area contributed by atoms with Crippen LogP contribution in [0.1, 0.15) is 12.1 Å². The lowest BCUT2D eigenvalue weighted by Crippen LogP contribution is -2.01. The third kappa shape index (κ3) is 1.95. The van der Waals surface area contributed by atoms with Crippen molar-refractivity contribution in [3.8, 4) is 12.3 Å². The van der Waals surface area contributed by atoms with Crippen LogP contribution in [0.25, 0.3) is 11.0 Å². The molecule has 0 aliphatic heterocycles. The van der Waals surface area contributed by atoms with Crippen molar-refractivity contribution in [3.05, 3.63) is 42.3 Å². The summed E-state index contributed by atoms with van der Waals surface area (Å²) >= 11 is 0. The lowest BCUT2D eigenvalue weighted by molar-refractivity contribution is 0.324. The van der Waals surface area contributed by atoms with Crippen molar-refractivity contribution in [1.29, 1.82) is 0 Å². The second kappa shape index (κ2) is 4.07. The fraction of sp³-hybridized carbons (Fsp3) is 0.0833. The topological polar surface area (TPSA) is 46.0 Å². The molecule has 15 heavy (non-hydrogen) atoms. The predicted molar refractivity (Wildman–Crippen MR) is 57.3 cm³/mol. The summed E-state index contributed by atoms with van der Waals surface area (Å²) in [6.45, 7) is 0. The number of aliphatic hydroxyl groups is 1.